The number of amides is 1. The highest BCUT2D eigenvalue weighted by Gasteiger charge is 2.50. The summed E-state index contributed by atoms with van der Waals surface area (Å²) in [6.45, 7) is -2.52. The molecule has 4 heterocycles. The van der Waals surface area contributed by atoms with Crippen LogP contribution in [-0.2, 0) is 0 Å². The maximum atomic E-state index is 13.8. The Hall–Kier alpha value is -3.98. The van der Waals surface area contributed by atoms with Crippen LogP contribution in [0.2, 0.25) is 0 Å². The van der Waals surface area contributed by atoms with Crippen molar-refractivity contribution < 1.29 is 23.0 Å². The molecule has 0 radical (unpaired) electrons. The van der Waals surface area contributed by atoms with Crippen LogP contribution in [0.3, 0.4) is 0 Å². The predicted octanol–water partition coefficient (Wildman–Crippen LogP) is 5.35. The number of hydrogen-bond donors (Lipinski definition) is 1. The van der Waals surface area contributed by atoms with Crippen molar-refractivity contribution in [1.82, 2.24) is 14.5 Å². The van der Waals surface area contributed by atoms with Gasteiger partial charge in [-0.15, -0.1) is 0 Å². The number of aromatic nitrogens is 2. The van der Waals surface area contributed by atoms with E-state index in [1.54, 1.807) is 12.1 Å². The quantitative estimate of drug-likeness (QED) is 0.397. The lowest BCUT2D eigenvalue weighted by atomic mass is 9.97. The number of alkyl halides is 2. The summed E-state index contributed by atoms with van der Waals surface area (Å²) in [6.07, 6.45) is 2.44. The minimum absolute atomic E-state index is 0.0465. The lowest BCUT2D eigenvalue weighted by Gasteiger charge is -2.28. The summed E-state index contributed by atoms with van der Waals surface area (Å²) in [5.41, 5.74) is 11.7. The average Bonchev–Trinajstić information content (AvgIpc) is 3.47. The first-order valence-electron chi connectivity index (χ1n) is 12.9. The minimum Gasteiger partial charge on any atom is -0.491 e. The maximum Gasteiger partial charge on any atom is 0.387 e. The molecule has 2 N–H and O–H groups in total. The van der Waals surface area contributed by atoms with Gasteiger partial charge in [-0.2, -0.15) is 8.78 Å². The van der Waals surface area contributed by atoms with Crippen LogP contribution in [0.15, 0.2) is 54.6 Å². The number of ether oxygens (including phenoxy) is 2. The molecule has 2 bridgehead atoms. The van der Waals surface area contributed by atoms with E-state index in [0.29, 0.717) is 24.2 Å². The number of halogens is 2. The summed E-state index contributed by atoms with van der Waals surface area (Å²) in [7, 11) is 0. The second-order valence-corrected chi connectivity index (χ2v) is 10.5. The van der Waals surface area contributed by atoms with E-state index in [9.17, 15) is 13.6 Å². The van der Waals surface area contributed by atoms with E-state index in [4.69, 9.17) is 20.2 Å². The Balaban J connectivity index is 1.32. The molecular weight excluding hydrogens is 490 g/mol. The van der Waals surface area contributed by atoms with Crippen LogP contribution >= 0.6 is 0 Å². The second-order valence-electron chi connectivity index (χ2n) is 10.5. The monoisotopic (exact) mass is 514 g/mol. The number of nitrogens with two attached hydrogens (primary N) is 1. The fourth-order valence-electron chi connectivity index (χ4n) is 6.50. The maximum absolute atomic E-state index is 13.8. The van der Waals surface area contributed by atoms with Gasteiger partial charge >= 0.3 is 6.61 Å². The van der Waals surface area contributed by atoms with Crippen molar-refractivity contribution in [3.8, 4) is 22.6 Å². The number of carbonyl (C=O) groups is 1. The Morgan fingerprint density at radius 2 is 1.87 bits per heavy atom. The van der Waals surface area contributed by atoms with Crippen molar-refractivity contribution in [3.05, 3.63) is 77.1 Å². The van der Waals surface area contributed by atoms with Gasteiger partial charge in [-0.25, -0.2) is 4.98 Å². The Bertz CT molecular complexity index is 1650. The van der Waals surface area contributed by atoms with Gasteiger partial charge < -0.3 is 24.7 Å². The lowest BCUT2D eigenvalue weighted by molar-refractivity contribution is -0.0507. The third kappa shape index (κ3) is 3.08. The van der Waals surface area contributed by atoms with E-state index in [0.717, 1.165) is 52.1 Å². The second kappa shape index (κ2) is 7.77. The number of fused-ring (bicyclic) bond motifs is 10. The predicted molar refractivity (Wildman–Crippen MR) is 135 cm³/mol. The number of imidazole rings is 1. The molecule has 4 aliphatic rings. The molecule has 3 aromatic carbocycles. The number of rotatable bonds is 4. The Morgan fingerprint density at radius 1 is 1.05 bits per heavy atom. The molecule has 3 atom stereocenters. The first-order valence-corrected chi connectivity index (χ1v) is 12.9. The molecule has 0 spiro atoms. The topological polar surface area (TPSA) is 82.6 Å². The Kier molecular flexibility index (Phi) is 4.51. The van der Waals surface area contributed by atoms with E-state index in [-0.39, 0.29) is 35.8 Å². The van der Waals surface area contributed by atoms with Gasteiger partial charge in [0.2, 0.25) is 0 Å². The largest absolute Gasteiger partial charge is 0.491 e. The number of hydrogen-bond acceptors (Lipinski definition) is 5. The molecule has 1 saturated carbocycles. The smallest absolute Gasteiger partial charge is 0.387 e. The Labute approximate surface area is 216 Å². The van der Waals surface area contributed by atoms with Crippen molar-refractivity contribution in [2.24, 2.45) is 5.73 Å². The van der Waals surface area contributed by atoms with Crippen molar-refractivity contribution in [3.63, 3.8) is 0 Å². The van der Waals surface area contributed by atoms with Gasteiger partial charge in [0.1, 0.15) is 23.9 Å². The van der Waals surface area contributed by atoms with Crippen LogP contribution in [0, 0.1) is 0 Å². The molecule has 7 nitrogen and oxygen atoms in total. The molecule has 0 saturated heterocycles. The molecule has 192 valence electrons. The molecule has 1 aromatic heterocycles. The molecule has 1 aliphatic carbocycles. The van der Waals surface area contributed by atoms with Gasteiger partial charge in [-0.3, -0.25) is 4.79 Å². The molecule has 1 fully saturated rings. The first-order chi connectivity index (χ1) is 18.5. The molecule has 9 heteroatoms. The third-order valence-corrected chi connectivity index (χ3v) is 8.29. The molecule has 8 rings (SSSR count). The average molecular weight is 515 g/mol. The molecular formula is C29H24F2N4O3. The van der Waals surface area contributed by atoms with Gasteiger partial charge in [0.05, 0.1) is 29.2 Å². The zero-order valence-electron chi connectivity index (χ0n) is 20.3. The zero-order valence-corrected chi connectivity index (χ0v) is 20.3. The summed E-state index contributed by atoms with van der Waals surface area (Å²) in [4.78, 5) is 20.7. The number of carbonyl (C=O) groups excluding carboxylic acids is 1. The van der Waals surface area contributed by atoms with Crippen molar-refractivity contribution in [2.45, 2.75) is 50.0 Å². The van der Waals surface area contributed by atoms with Gasteiger partial charge in [0.25, 0.3) is 5.91 Å². The van der Waals surface area contributed by atoms with E-state index < -0.39 is 6.61 Å². The highest BCUT2D eigenvalue weighted by atomic mass is 19.3. The molecule has 1 amide bonds. The van der Waals surface area contributed by atoms with Gasteiger partial charge in [0, 0.05) is 29.2 Å². The summed E-state index contributed by atoms with van der Waals surface area (Å²) in [5, 5.41) is 0. The molecule has 3 aliphatic heterocycles. The molecule has 38 heavy (non-hydrogen) atoms. The van der Waals surface area contributed by atoms with E-state index >= 15 is 0 Å². The fraction of sp³-hybridized carbons (Fsp3) is 0.310. The van der Waals surface area contributed by atoms with Crippen LogP contribution in [-0.4, -0.2) is 39.6 Å². The van der Waals surface area contributed by atoms with Gasteiger partial charge in [0.15, 0.2) is 0 Å². The normalized spacial score (nSPS) is 23.3. The van der Waals surface area contributed by atoms with Gasteiger partial charge in [-0.1, -0.05) is 24.3 Å². The first kappa shape index (κ1) is 22.0. The highest BCUT2D eigenvalue weighted by molar-refractivity contribution is 5.98. The van der Waals surface area contributed by atoms with E-state index in [1.807, 2.05) is 35.2 Å². The lowest BCUT2D eigenvalue weighted by Crippen LogP contribution is -2.36. The van der Waals surface area contributed by atoms with Crippen LogP contribution in [0.4, 0.5) is 8.78 Å². The van der Waals surface area contributed by atoms with Crippen LogP contribution in [0.1, 0.15) is 64.7 Å². The van der Waals surface area contributed by atoms with E-state index in [2.05, 4.69) is 10.6 Å². The number of benzene rings is 3. The summed E-state index contributed by atoms with van der Waals surface area (Å²) in [5.74, 6) is 1.50. The molecule has 4 aromatic rings. The standard InChI is InChI=1S/C29H24F2N4O3/c30-29(31)38-24-3-1-2-18-26(24)22-12-23(34(28(18)36)16-6-7-16)27-33-20-9-5-14(10-21(20)35(22)27)15-4-8-17-19(32)13-37-25(17)11-15/h1-5,8-11,16,19,22-23,29H,6-7,12-13,32H2/t19-,22+,23+/m0/s1. The summed E-state index contributed by atoms with van der Waals surface area (Å²) < 4.78 is 39.7. The van der Waals surface area contributed by atoms with Crippen LogP contribution < -0.4 is 15.2 Å². The van der Waals surface area contributed by atoms with Crippen molar-refractivity contribution >= 4 is 16.9 Å². The van der Waals surface area contributed by atoms with Gasteiger partial charge in [-0.05, 0) is 54.3 Å². The fourth-order valence-corrected chi connectivity index (χ4v) is 6.50. The molecule has 0 unspecified atom stereocenters. The number of nitrogens with zero attached hydrogens (tertiary/aromatic N) is 3. The highest BCUT2D eigenvalue weighted by Crippen LogP contribution is 2.53. The van der Waals surface area contributed by atoms with Crippen LogP contribution in [0.25, 0.3) is 22.2 Å². The SMILES string of the molecule is N[C@H]1COc2cc(-c3ccc4nc5n(c4c3)[C@@H]3C[C@H]5N(C4CC4)C(=O)c4cccc(OC(F)F)c43)ccc21. The summed E-state index contributed by atoms with van der Waals surface area (Å²) in [6, 6.07) is 16.4. The summed E-state index contributed by atoms with van der Waals surface area (Å²) >= 11 is 0. The Morgan fingerprint density at radius 3 is 2.68 bits per heavy atom. The van der Waals surface area contributed by atoms with E-state index in [1.165, 1.54) is 6.07 Å². The van der Waals surface area contributed by atoms with Crippen molar-refractivity contribution in [2.75, 3.05) is 6.61 Å². The zero-order chi connectivity index (χ0) is 25.7. The minimum atomic E-state index is -2.99. The van der Waals surface area contributed by atoms with Crippen molar-refractivity contribution in [1.29, 1.82) is 0 Å². The van der Waals surface area contributed by atoms with Crippen LogP contribution in [0.5, 0.6) is 11.5 Å². The third-order valence-electron chi connectivity index (χ3n) is 8.29.